The number of halogens is 1. The Balaban J connectivity index is 0.000000348. The van der Waals surface area contributed by atoms with Gasteiger partial charge in [-0.05, 0) is 60.9 Å². The highest BCUT2D eigenvalue weighted by Crippen LogP contribution is 2.43. The largest absolute Gasteiger partial charge is 0.370 e. The summed E-state index contributed by atoms with van der Waals surface area (Å²) in [5, 5.41) is 10.5. The number of benzene rings is 1. The molecule has 190 valence electrons. The molecule has 1 aromatic carbocycles. The number of amides is 1. The zero-order valence-corrected chi connectivity index (χ0v) is 20.7. The van der Waals surface area contributed by atoms with E-state index in [0.29, 0.717) is 24.7 Å². The summed E-state index contributed by atoms with van der Waals surface area (Å²) in [6, 6.07) is 10.3. The molecule has 37 heavy (non-hydrogen) atoms. The van der Waals surface area contributed by atoms with E-state index in [0.717, 1.165) is 45.9 Å². The number of nitrogens with two attached hydrogens (primary N) is 1. The Kier molecular flexibility index (Phi) is 6.99. The van der Waals surface area contributed by atoms with E-state index in [1.165, 1.54) is 25.0 Å². The maximum absolute atomic E-state index is 13.5. The first-order valence-corrected chi connectivity index (χ1v) is 12.6. The number of aromatic amines is 1. The van der Waals surface area contributed by atoms with Crippen LogP contribution in [-0.4, -0.2) is 26.9 Å². The van der Waals surface area contributed by atoms with Gasteiger partial charge < -0.3 is 11.1 Å². The van der Waals surface area contributed by atoms with E-state index in [4.69, 9.17) is 5.73 Å². The summed E-state index contributed by atoms with van der Waals surface area (Å²) in [4.78, 5) is 27.4. The molecule has 3 heterocycles. The van der Waals surface area contributed by atoms with E-state index in [1.807, 2.05) is 30.4 Å². The average Bonchev–Trinajstić information content (AvgIpc) is 3.54. The van der Waals surface area contributed by atoms with Crippen LogP contribution in [0.4, 0.5) is 10.2 Å². The molecule has 0 bridgehead atoms. The van der Waals surface area contributed by atoms with Crippen molar-refractivity contribution in [3.05, 3.63) is 83.2 Å². The summed E-state index contributed by atoms with van der Waals surface area (Å²) in [6.45, 7) is 2.10. The number of nitrogens with zero attached hydrogens (tertiary/aromatic N) is 2. The minimum absolute atomic E-state index is 0.150. The van der Waals surface area contributed by atoms with Crippen LogP contribution >= 0.6 is 0 Å². The lowest BCUT2D eigenvalue weighted by Crippen LogP contribution is -2.28. The smallest absolute Gasteiger partial charge is 0.217 e. The van der Waals surface area contributed by atoms with E-state index in [1.54, 1.807) is 18.5 Å². The highest BCUT2D eigenvalue weighted by molar-refractivity contribution is 6.01. The fourth-order valence-electron chi connectivity index (χ4n) is 4.89. The van der Waals surface area contributed by atoms with Gasteiger partial charge >= 0.3 is 0 Å². The Hall–Kier alpha value is -4.07. The lowest BCUT2D eigenvalue weighted by molar-refractivity contribution is -0.118. The van der Waals surface area contributed by atoms with Gasteiger partial charge in [-0.1, -0.05) is 31.2 Å². The summed E-state index contributed by atoms with van der Waals surface area (Å²) < 4.78 is 13.5. The van der Waals surface area contributed by atoms with Crippen molar-refractivity contribution in [2.75, 3.05) is 5.32 Å². The molecule has 1 amide bonds. The number of anilines is 1. The van der Waals surface area contributed by atoms with Gasteiger partial charge in [0.25, 0.3) is 0 Å². The Morgan fingerprint density at radius 1 is 1.16 bits per heavy atom. The SMILES string of the molecule is CC1CC(=O)C2=C(C1)Nc1[nH]ncc1C2/C=C/c1ccc(-c2cccc(F)c2)cn1.NC(=O)CC1CC1. The quantitative estimate of drug-likeness (QED) is 0.437. The van der Waals surface area contributed by atoms with Gasteiger partial charge in [-0.3, -0.25) is 19.7 Å². The Morgan fingerprint density at radius 3 is 2.68 bits per heavy atom. The maximum atomic E-state index is 13.5. The predicted octanol–water partition coefficient (Wildman–Crippen LogP) is 5.36. The topological polar surface area (TPSA) is 114 Å². The molecule has 0 radical (unpaired) electrons. The third-order valence-electron chi connectivity index (χ3n) is 6.89. The molecule has 3 aromatic rings. The van der Waals surface area contributed by atoms with Crippen LogP contribution < -0.4 is 11.1 Å². The van der Waals surface area contributed by atoms with E-state index in [2.05, 4.69) is 27.4 Å². The number of rotatable bonds is 5. The van der Waals surface area contributed by atoms with Gasteiger partial charge in [-0.2, -0.15) is 5.10 Å². The van der Waals surface area contributed by atoms with Crippen LogP contribution in [0.2, 0.25) is 0 Å². The van der Waals surface area contributed by atoms with Crippen molar-refractivity contribution in [3.63, 3.8) is 0 Å². The molecule has 1 saturated carbocycles. The van der Waals surface area contributed by atoms with Crippen LogP contribution in [0.25, 0.3) is 17.2 Å². The number of carbonyl (C=O) groups is 2. The number of fused-ring (bicyclic) bond motifs is 1. The van der Waals surface area contributed by atoms with Crippen molar-refractivity contribution in [2.24, 2.45) is 17.6 Å². The first-order valence-electron chi connectivity index (χ1n) is 12.6. The van der Waals surface area contributed by atoms with Gasteiger partial charge in [0.2, 0.25) is 5.91 Å². The maximum Gasteiger partial charge on any atom is 0.217 e. The monoisotopic (exact) mass is 499 g/mol. The molecule has 3 aliphatic rings. The van der Waals surface area contributed by atoms with Crippen LogP contribution in [0.5, 0.6) is 0 Å². The van der Waals surface area contributed by atoms with E-state index in [9.17, 15) is 14.0 Å². The predicted molar refractivity (Wildman–Crippen MR) is 141 cm³/mol. The molecule has 4 N–H and O–H groups in total. The van der Waals surface area contributed by atoms with Gasteiger partial charge in [-0.15, -0.1) is 0 Å². The van der Waals surface area contributed by atoms with Crippen molar-refractivity contribution in [3.8, 4) is 11.1 Å². The van der Waals surface area contributed by atoms with Crippen LogP contribution in [0, 0.1) is 17.7 Å². The van der Waals surface area contributed by atoms with Gasteiger partial charge in [0.05, 0.1) is 11.9 Å². The van der Waals surface area contributed by atoms with E-state index < -0.39 is 0 Å². The van der Waals surface area contributed by atoms with Gasteiger partial charge in [0.15, 0.2) is 5.78 Å². The van der Waals surface area contributed by atoms with Crippen molar-refractivity contribution in [1.29, 1.82) is 0 Å². The lowest BCUT2D eigenvalue weighted by Gasteiger charge is -2.32. The normalized spacial score (nSPS) is 20.5. The fourth-order valence-corrected chi connectivity index (χ4v) is 4.89. The molecule has 2 aromatic heterocycles. The van der Waals surface area contributed by atoms with Crippen molar-refractivity contribution in [1.82, 2.24) is 15.2 Å². The molecule has 2 unspecified atom stereocenters. The Labute approximate surface area is 215 Å². The molecule has 2 aliphatic carbocycles. The molecule has 1 fully saturated rings. The third-order valence-corrected chi connectivity index (χ3v) is 6.89. The van der Waals surface area contributed by atoms with Gasteiger partial charge in [0.1, 0.15) is 11.6 Å². The molecule has 6 rings (SSSR count). The average molecular weight is 500 g/mol. The van der Waals surface area contributed by atoms with E-state index in [-0.39, 0.29) is 23.4 Å². The summed E-state index contributed by atoms with van der Waals surface area (Å²) in [5.41, 5.74) is 10.1. The summed E-state index contributed by atoms with van der Waals surface area (Å²) in [7, 11) is 0. The molecule has 7 nitrogen and oxygen atoms in total. The molecule has 8 heteroatoms. The highest BCUT2D eigenvalue weighted by Gasteiger charge is 2.35. The number of allylic oxidation sites excluding steroid dienone is 3. The number of Topliss-reactive ketones (excluding diaryl/α,β-unsaturated/α-hetero) is 1. The lowest BCUT2D eigenvalue weighted by atomic mass is 9.77. The number of H-pyrrole nitrogens is 1. The molecule has 1 aliphatic heterocycles. The van der Waals surface area contributed by atoms with Crippen molar-refractivity contribution in [2.45, 2.75) is 44.9 Å². The number of ketones is 1. The molecule has 2 atom stereocenters. The first kappa shape index (κ1) is 24.6. The standard InChI is InChI=1S/C24H21FN4O.C5H9NO/c1-14-9-21-23(22(30)10-14)19(20-13-27-29-24(20)28-21)8-7-18-6-5-16(12-26-18)15-3-2-4-17(25)11-15;6-5(7)3-4-1-2-4/h2-8,11-14,19H,9-10H2,1H3,(H2,27,28,29);4H,1-3H2,(H2,6,7)/b8-7+;. The van der Waals surface area contributed by atoms with Crippen LogP contribution in [0.15, 0.2) is 66.1 Å². The number of nitrogens with one attached hydrogen (secondary N) is 2. The third kappa shape index (κ3) is 5.85. The molecule has 0 spiro atoms. The van der Waals surface area contributed by atoms with Crippen LogP contribution in [0.1, 0.15) is 56.2 Å². The second-order valence-electron chi connectivity index (χ2n) is 10.1. The Morgan fingerprint density at radius 2 is 2.00 bits per heavy atom. The summed E-state index contributed by atoms with van der Waals surface area (Å²) >= 11 is 0. The minimum Gasteiger partial charge on any atom is -0.370 e. The molecule has 0 saturated heterocycles. The fraction of sp³-hybridized carbons (Fsp3) is 0.310. The van der Waals surface area contributed by atoms with Crippen LogP contribution in [-0.2, 0) is 9.59 Å². The van der Waals surface area contributed by atoms with Gasteiger partial charge in [0, 0.05) is 47.4 Å². The number of carbonyl (C=O) groups excluding carboxylic acids is 2. The zero-order valence-electron chi connectivity index (χ0n) is 20.7. The number of pyridine rings is 1. The minimum atomic E-state index is -0.270. The Bertz CT molecular complexity index is 1370. The molecular weight excluding hydrogens is 469 g/mol. The first-order chi connectivity index (χ1) is 17.9. The highest BCUT2D eigenvalue weighted by atomic mass is 19.1. The van der Waals surface area contributed by atoms with Crippen molar-refractivity contribution >= 4 is 23.6 Å². The number of aromatic nitrogens is 3. The molecular formula is C29H30FN5O2. The summed E-state index contributed by atoms with van der Waals surface area (Å²) in [5.74, 6) is 1.44. The zero-order chi connectivity index (χ0) is 25.9. The van der Waals surface area contributed by atoms with Gasteiger partial charge in [-0.25, -0.2) is 4.39 Å². The second-order valence-corrected chi connectivity index (χ2v) is 10.1. The van der Waals surface area contributed by atoms with Crippen LogP contribution in [0.3, 0.4) is 0 Å². The van der Waals surface area contributed by atoms with Crippen molar-refractivity contribution < 1.29 is 14.0 Å². The number of hydrogen-bond acceptors (Lipinski definition) is 5. The second kappa shape index (κ2) is 10.5. The number of primary amides is 1. The summed E-state index contributed by atoms with van der Waals surface area (Å²) in [6.07, 6.45) is 11.9. The number of hydrogen-bond donors (Lipinski definition) is 3. The van der Waals surface area contributed by atoms with E-state index >= 15 is 0 Å².